The molecule has 7 heteroatoms. The number of carbonyl (C=O) groups is 1. The van der Waals surface area contributed by atoms with Gasteiger partial charge in [-0.15, -0.1) is 0 Å². The van der Waals surface area contributed by atoms with Crippen molar-refractivity contribution in [2.24, 2.45) is 0 Å². The fourth-order valence-corrected chi connectivity index (χ4v) is 4.01. The second kappa shape index (κ2) is 8.26. The zero-order valence-electron chi connectivity index (χ0n) is 17.9. The lowest BCUT2D eigenvalue weighted by molar-refractivity contribution is 0.0671. The van der Waals surface area contributed by atoms with Crippen molar-refractivity contribution in [2.45, 2.75) is 32.6 Å². The molecule has 1 aromatic carbocycles. The molecule has 0 radical (unpaired) electrons. The molecule has 1 unspecified atom stereocenters. The number of amides is 1. The highest BCUT2D eigenvalue weighted by atomic mass is 16.4. The minimum atomic E-state index is -0.0963. The molecule has 3 heterocycles. The third kappa shape index (κ3) is 3.92. The maximum atomic E-state index is 13.1. The topological polar surface area (TPSA) is 75.4 Å². The van der Waals surface area contributed by atoms with Crippen LogP contribution in [-0.4, -0.2) is 52.9 Å². The summed E-state index contributed by atoms with van der Waals surface area (Å²) < 4.78 is 5.58. The average Bonchev–Trinajstić information content (AvgIpc) is 3.11. The van der Waals surface area contributed by atoms with Gasteiger partial charge in [0, 0.05) is 51.8 Å². The van der Waals surface area contributed by atoms with E-state index >= 15 is 0 Å². The maximum absolute atomic E-state index is 13.1. The number of oxazole rings is 1. The Kier molecular flexibility index (Phi) is 5.53. The quantitative estimate of drug-likeness (QED) is 0.657. The molecule has 1 aliphatic heterocycles. The molecule has 1 amide bonds. The van der Waals surface area contributed by atoms with Gasteiger partial charge in [-0.3, -0.25) is 4.79 Å². The standard InChI is InChI=1S/C23H27N5O2/c1-15-21(30-16(2)25-15)22(29)28-12-8-11-18(14-28)20-19(17-9-6-5-7-10-17)13-24-23(26-20)27(3)4/h5-7,9-10,13,18H,8,11-12,14H2,1-4H3. The van der Waals surface area contributed by atoms with Crippen LogP contribution in [0.5, 0.6) is 0 Å². The van der Waals surface area contributed by atoms with E-state index in [1.165, 1.54) is 0 Å². The second-order valence-corrected chi connectivity index (χ2v) is 7.97. The number of aromatic nitrogens is 3. The predicted molar refractivity (Wildman–Crippen MR) is 116 cm³/mol. The number of carbonyl (C=O) groups excluding carboxylic acids is 1. The van der Waals surface area contributed by atoms with Gasteiger partial charge in [-0.25, -0.2) is 15.0 Å². The summed E-state index contributed by atoms with van der Waals surface area (Å²) in [6, 6.07) is 10.2. The van der Waals surface area contributed by atoms with E-state index in [0.717, 1.165) is 29.7 Å². The van der Waals surface area contributed by atoms with E-state index in [-0.39, 0.29) is 11.8 Å². The molecule has 1 aliphatic rings. The Morgan fingerprint density at radius 2 is 1.93 bits per heavy atom. The maximum Gasteiger partial charge on any atom is 0.291 e. The molecule has 30 heavy (non-hydrogen) atoms. The van der Waals surface area contributed by atoms with Crippen molar-refractivity contribution in [3.05, 3.63) is 59.6 Å². The lowest BCUT2D eigenvalue weighted by atomic mass is 9.89. The average molecular weight is 406 g/mol. The summed E-state index contributed by atoms with van der Waals surface area (Å²) in [5.74, 6) is 1.56. The molecule has 1 saturated heterocycles. The molecular weight excluding hydrogens is 378 g/mol. The van der Waals surface area contributed by atoms with Crippen LogP contribution in [-0.2, 0) is 0 Å². The van der Waals surface area contributed by atoms with E-state index in [9.17, 15) is 4.79 Å². The number of hydrogen-bond donors (Lipinski definition) is 0. The van der Waals surface area contributed by atoms with E-state index in [1.54, 1.807) is 6.92 Å². The van der Waals surface area contributed by atoms with Gasteiger partial charge >= 0.3 is 0 Å². The Bertz CT molecular complexity index is 1050. The Hall–Kier alpha value is -3.22. The summed E-state index contributed by atoms with van der Waals surface area (Å²) in [6.45, 7) is 4.88. The monoisotopic (exact) mass is 405 g/mol. The van der Waals surface area contributed by atoms with Gasteiger partial charge in [-0.05, 0) is 25.3 Å². The van der Waals surface area contributed by atoms with Crippen LogP contribution in [0.2, 0.25) is 0 Å². The summed E-state index contributed by atoms with van der Waals surface area (Å²) in [5.41, 5.74) is 3.74. The van der Waals surface area contributed by atoms with Crippen molar-refractivity contribution in [1.82, 2.24) is 19.9 Å². The molecule has 2 aromatic heterocycles. The molecule has 0 bridgehead atoms. The van der Waals surface area contributed by atoms with Gasteiger partial charge in [0.15, 0.2) is 5.89 Å². The second-order valence-electron chi connectivity index (χ2n) is 7.97. The number of anilines is 1. The Labute approximate surface area is 176 Å². The van der Waals surface area contributed by atoms with Crippen molar-refractivity contribution < 1.29 is 9.21 Å². The van der Waals surface area contributed by atoms with Crippen LogP contribution in [0.3, 0.4) is 0 Å². The SMILES string of the molecule is Cc1nc(C)c(C(=O)N2CCCC(c3nc(N(C)C)ncc3-c3ccccc3)C2)o1. The molecule has 0 spiro atoms. The smallest absolute Gasteiger partial charge is 0.291 e. The van der Waals surface area contributed by atoms with Gasteiger partial charge in [-0.2, -0.15) is 0 Å². The molecule has 3 aromatic rings. The number of aryl methyl sites for hydroxylation is 2. The van der Waals surface area contributed by atoms with E-state index < -0.39 is 0 Å². The van der Waals surface area contributed by atoms with Crippen LogP contribution in [0.15, 0.2) is 40.9 Å². The number of benzene rings is 1. The molecule has 156 valence electrons. The van der Waals surface area contributed by atoms with E-state index in [2.05, 4.69) is 22.1 Å². The largest absolute Gasteiger partial charge is 0.436 e. The minimum absolute atomic E-state index is 0.0963. The van der Waals surface area contributed by atoms with Gasteiger partial charge in [0.2, 0.25) is 11.7 Å². The lowest BCUT2D eigenvalue weighted by Crippen LogP contribution is -2.39. The number of nitrogens with zero attached hydrogens (tertiary/aromatic N) is 5. The summed E-state index contributed by atoms with van der Waals surface area (Å²) in [7, 11) is 3.88. The van der Waals surface area contributed by atoms with Crippen LogP contribution in [0.1, 0.15) is 46.6 Å². The molecule has 0 saturated carbocycles. The molecule has 1 atom stereocenters. The van der Waals surface area contributed by atoms with Gasteiger partial charge in [0.1, 0.15) is 0 Å². The highest BCUT2D eigenvalue weighted by Crippen LogP contribution is 2.34. The van der Waals surface area contributed by atoms with Crippen molar-refractivity contribution in [1.29, 1.82) is 0 Å². The predicted octanol–water partition coefficient (Wildman–Crippen LogP) is 3.83. The van der Waals surface area contributed by atoms with E-state index in [0.29, 0.717) is 36.4 Å². The van der Waals surface area contributed by atoms with Gasteiger partial charge < -0.3 is 14.2 Å². The zero-order valence-corrected chi connectivity index (χ0v) is 17.9. The summed E-state index contributed by atoms with van der Waals surface area (Å²) in [4.78, 5) is 30.6. The highest BCUT2D eigenvalue weighted by molar-refractivity contribution is 5.92. The molecule has 0 N–H and O–H groups in total. The van der Waals surface area contributed by atoms with E-state index in [1.807, 2.05) is 55.2 Å². The molecule has 0 aliphatic carbocycles. The first kappa shape index (κ1) is 20.1. The van der Waals surface area contributed by atoms with Crippen LogP contribution >= 0.6 is 0 Å². The normalized spacial score (nSPS) is 16.5. The molecule has 4 rings (SSSR count). The van der Waals surface area contributed by atoms with Crippen LogP contribution in [0, 0.1) is 13.8 Å². The van der Waals surface area contributed by atoms with Gasteiger partial charge in [0.25, 0.3) is 5.91 Å². The van der Waals surface area contributed by atoms with Crippen molar-refractivity contribution in [2.75, 3.05) is 32.1 Å². The van der Waals surface area contributed by atoms with Crippen LogP contribution < -0.4 is 4.90 Å². The van der Waals surface area contributed by atoms with Crippen LogP contribution in [0.4, 0.5) is 5.95 Å². The minimum Gasteiger partial charge on any atom is -0.436 e. The van der Waals surface area contributed by atoms with Gasteiger partial charge in [-0.1, -0.05) is 30.3 Å². The fourth-order valence-electron chi connectivity index (χ4n) is 4.01. The molecule has 7 nitrogen and oxygen atoms in total. The molecule has 1 fully saturated rings. The first-order valence-corrected chi connectivity index (χ1v) is 10.3. The zero-order chi connectivity index (χ0) is 21.3. The number of rotatable bonds is 4. The first-order valence-electron chi connectivity index (χ1n) is 10.3. The van der Waals surface area contributed by atoms with E-state index in [4.69, 9.17) is 9.40 Å². The highest BCUT2D eigenvalue weighted by Gasteiger charge is 2.31. The first-order chi connectivity index (χ1) is 14.4. The third-order valence-corrected chi connectivity index (χ3v) is 5.48. The fraction of sp³-hybridized carbons (Fsp3) is 0.391. The Morgan fingerprint density at radius 1 is 1.17 bits per heavy atom. The summed E-state index contributed by atoms with van der Waals surface area (Å²) >= 11 is 0. The van der Waals surface area contributed by atoms with Gasteiger partial charge in [0.05, 0.1) is 11.4 Å². The number of hydrogen-bond acceptors (Lipinski definition) is 6. The van der Waals surface area contributed by atoms with Crippen molar-refractivity contribution in [3.63, 3.8) is 0 Å². The summed E-state index contributed by atoms with van der Waals surface area (Å²) in [6.07, 6.45) is 3.79. The Balaban J connectivity index is 1.68. The molecular formula is C23H27N5O2. The van der Waals surface area contributed by atoms with Crippen molar-refractivity contribution >= 4 is 11.9 Å². The summed E-state index contributed by atoms with van der Waals surface area (Å²) in [5, 5.41) is 0. The lowest BCUT2D eigenvalue weighted by Gasteiger charge is -2.33. The number of piperidine rings is 1. The third-order valence-electron chi connectivity index (χ3n) is 5.48. The van der Waals surface area contributed by atoms with Crippen LogP contribution in [0.25, 0.3) is 11.1 Å². The Morgan fingerprint density at radius 3 is 2.60 bits per heavy atom. The number of likely N-dealkylation sites (tertiary alicyclic amines) is 1. The van der Waals surface area contributed by atoms with Crippen molar-refractivity contribution in [3.8, 4) is 11.1 Å².